The predicted octanol–water partition coefficient (Wildman–Crippen LogP) is 5.00. The topological polar surface area (TPSA) is 80.4 Å². The zero-order chi connectivity index (χ0) is 20.7. The molecular formula is C23H15BrN4O2. The standard InChI is InChI=1S/C23H15BrN4O2/c24-19-13-28-23(27-22(19)15-7-5-14(6-8-15)9-21(29)30)18(12-26-28)17-10-16-3-1-2-4-20(16)25-11-17/h1-8,10-13H,9H2,(H,29,30). The number of carbonyl (C=O) groups is 1. The first-order valence-corrected chi connectivity index (χ1v) is 10.1. The van der Waals surface area contributed by atoms with Gasteiger partial charge in [0.1, 0.15) is 0 Å². The van der Waals surface area contributed by atoms with Gasteiger partial charge in [-0.15, -0.1) is 0 Å². The Balaban J connectivity index is 1.61. The highest BCUT2D eigenvalue weighted by molar-refractivity contribution is 9.10. The average Bonchev–Trinajstić information content (AvgIpc) is 3.15. The van der Waals surface area contributed by atoms with Crippen LogP contribution in [-0.2, 0) is 11.2 Å². The molecule has 0 fully saturated rings. The highest BCUT2D eigenvalue weighted by Crippen LogP contribution is 2.31. The summed E-state index contributed by atoms with van der Waals surface area (Å²) in [6, 6.07) is 17.5. The van der Waals surface area contributed by atoms with Crippen molar-refractivity contribution in [1.29, 1.82) is 0 Å². The molecule has 7 heteroatoms. The second kappa shape index (κ2) is 7.35. The van der Waals surface area contributed by atoms with Crippen LogP contribution >= 0.6 is 15.9 Å². The van der Waals surface area contributed by atoms with Crippen molar-refractivity contribution >= 4 is 38.4 Å². The molecule has 0 saturated carbocycles. The molecule has 0 aliphatic heterocycles. The highest BCUT2D eigenvalue weighted by atomic mass is 79.9. The van der Waals surface area contributed by atoms with Crippen LogP contribution in [0.25, 0.3) is 38.9 Å². The van der Waals surface area contributed by atoms with Crippen LogP contribution in [0.5, 0.6) is 0 Å². The third-order valence-corrected chi connectivity index (χ3v) is 5.51. The smallest absolute Gasteiger partial charge is 0.307 e. The van der Waals surface area contributed by atoms with Crippen LogP contribution in [0.4, 0.5) is 0 Å². The summed E-state index contributed by atoms with van der Waals surface area (Å²) in [5.74, 6) is -0.851. The van der Waals surface area contributed by atoms with Crippen LogP contribution in [0.15, 0.2) is 77.7 Å². The molecule has 5 rings (SSSR count). The Morgan fingerprint density at radius 3 is 2.63 bits per heavy atom. The summed E-state index contributed by atoms with van der Waals surface area (Å²) in [5.41, 5.74) is 5.90. The Kier molecular flexibility index (Phi) is 4.52. The highest BCUT2D eigenvalue weighted by Gasteiger charge is 2.14. The molecule has 0 amide bonds. The molecule has 2 aromatic carbocycles. The molecule has 5 aromatic rings. The number of pyridine rings is 1. The Hall–Kier alpha value is -3.58. The van der Waals surface area contributed by atoms with Gasteiger partial charge in [-0.3, -0.25) is 9.78 Å². The summed E-state index contributed by atoms with van der Waals surface area (Å²) in [7, 11) is 0. The SMILES string of the molecule is O=C(O)Cc1ccc(-c2nc3c(-c4cnc5ccccc5c4)cnn3cc2Br)cc1. The Morgan fingerprint density at radius 2 is 1.83 bits per heavy atom. The lowest BCUT2D eigenvalue weighted by atomic mass is 10.1. The Labute approximate surface area is 180 Å². The number of hydrogen-bond acceptors (Lipinski definition) is 4. The number of rotatable bonds is 4. The first kappa shape index (κ1) is 18.4. The van der Waals surface area contributed by atoms with Crippen LogP contribution in [0.1, 0.15) is 5.56 Å². The number of carboxylic acid groups (broad SMARTS) is 1. The van der Waals surface area contributed by atoms with E-state index in [1.165, 1.54) is 0 Å². The monoisotopic (exact) mass is 458 g/mol. The van der Waals surface area contributed by atoms with Gasteiger partial charge in [0, 0.05) is 34.5 Å². The molecule has 0 aliphatic rings. The minimum atomic E-state index is -0.851. The molecule has 0 radical (unpaired) electrons. The lowest BCUT2D eigenvalue weighted by Gasteiger charge is -2.07. The molecule has 0 spiro atoms. The fourth-order valence-corrected chi connectivity index (χ4v) is 3.98. The fourth-order valence-electron chi connectivity index (χ4n) is 3.47. The quantitative estimate of drug-likeness (QED) is 0.409. The van der Waals surface area contributed by atoms with E-state index in [1.54, 1.807) is 10.7 Å². The summed E-state index contributed by atoms with van der Waals surface area (Å²) in [5, 5.41) is 14.5. The Morgan fingerprint density at radius 1 is 1.03 bits per heavy atom. The van der Waals surface area contributed by atoms with Crippen LogP contribution < -0.4 is 0 Å². The van der Waals surface area contributed by atoms with Crippen molar-refractivity contribution in [1.82, 2.24) is 19.6 Å². The van der Waals surface area contributed by atoms with E-state index in [0.717, 1.165) is 49.0 Å². The molecule has 0 aliphatic carbocycles. The van der Waals surface area contributed by atoms with Crippen molar-refractivity contribution in [2.45, 2.75) is 6.42 Å². The van der Waals surface area contributed by atoms with Crippen LogP contribution in [0.2, 0.25) is 0 Å². The van der Waals surface area contributed by atoms with Crippen LogP contribution in [0, 0.1) is 0 Å². The third kappa shape index (κ3) is 3.33. The van der Waals surface area contributed by atoms with Crippen molar-refractivity contribution in [3.8, 4) is 22.4 Å². The van der Waals surface area contributed by atoms with E-state index >= 15 is 0 Å². The molecule has 3 heterocycles. The summed E-state index contributed by atoms with van der Waals surface area (Å²) in [4.78, 5) is 20.3. The van der Waals surface area contributed by atoms with E-state index in [9.17, 15) is 4.79 Å². The molecule has 146 valence electrons. The summed E-state index contributed by atoms with van der Waals surface area (Å²) in [6.45, 7) is 0. The summed E-state index contributed by atoms with van der Waals surface area (Å²) < 4.78 is 2.53. The molecule has 6 nitrogen and oxygen atoms in total. The molecule has 0 bridgehead atoms. The van der Waals surface area contributed by atoms with Crippen molar-refractivity contribution in [3.05, 3.63) is 83.2 Å². The van der Waals surface area contributed by atoms with Crippen molar-refractivity contribution < 1.29 is 9.90 Å². The molecular weight excluding hydrogens is 444 g/mol. The van der Waals surface area contributed by atoms with Gasteiger partial charge in [0.05, 0.1) is 28.3 Å². The van der Waals surface area contributed by atoms with E-state index in [0.29, 0.717) is 0 Å². The summed E-state index contributed by atoms with van der Waals surface area (Å²) >= 11 is 3.58. The first-order valence-electron chi connectivity index (χ1n) is 9.28. The van der Waals surface area contributed by atoms with Gasteiger partial charge in [0.2, 0.25) is 0 Å². The van der Waals surface area contributed by atoms with Crippen molar-refractivity contribution in [2.75, 3.05) is 0 Å². The van der Waals surface area contributed by atoms with E-state index in [-0.39, 0.29) is 6.42 Å². The van der Waals surface area contributed by atoms with E-state index in [1.807, 2.05) is 60.9 Å². The summed E-state index contributed by atoms with van der Waals surface area (Å²) in [6.07, 6.45) is 5.50. The van der Waals surface area contributed by atoms with Crippen molar-refractivity contribution in [2.24, 2.45) is 0 Å². The van der Waals surface area contributed by atoms with Gasteiger partial charge in [-0.2, -0.15) is 5.10 Å². The van der Waals surface area contributed by atoms with Gasteiger partial charge in [0.25, 0.3) is 0 Å². The minimum absolute atomic E-state index is 0.00432. The van der Waals surface area contributed by atoms with Gasteiger partial charge in [-0.1, -0.05) is 42.5 Å². The molecule has 0 atom stereocenters. The number of halogens is 1. The predicted molar refractivity (Wildman–Crippen MR) is 118 cm³/mol. The number of aliphatic carboxylic acids is 1. The lowest BCUT2D eigenvalue weighted by Crippen LogP contribution is -2.00. The maximum atomic E-state index is 10.9. The zero-order valence-corrected chi connectivity index (χ0v) is 17.2. The molecule has 3 aromatic heterocycles. The van der Waals surface area contributed by atoms with Gasteiger partial charge in [-0.05, 0) is 33.6 Å². The molecule has 0 unspecified atom stereocenters. The number of nitrogens with zero attached hydrogens (tertiary/aromatic N) is 4. The second-order valence-corrected chi connectivity index (χ2v) is 7.80. The number of aromatic nitrogens is 4. The molecule has 0 saturated heterocycles. The number of para-hydroxylation sites is 1. The molecule has 30 heavy (non-hydrogen) atoms. The number of benzene rings is 2. The molecule has 1 N–H and O–H groups in total. The van der Waals surface area contributed by atoms with E-state index in [2.05, 4.69) is 32.1 Å². The van der Waals surface area contributed by atoms with Crippen LogP contribution in [0.3, 0.4) is 0 Å². The van der Waals surface area contributed by atoms with Crippen molar-refractivity contribution in [3.63, 3.8) is 0 Å². The number of fused-ring (bicyclic) bond motifs is 2. The minimum Gasteiger partial charge on any atom is -0.481 e. The lowest BCUT2D eigenvalue weighted by molar-refractivity contribution is -0.136. The zero-order valence-electron chi connectivity index (χ0n) is 15.7. The largest absolute Gasteiger partial charge is 0.481 e. The normalized spacial score (nSPS) is 11.2. The van der Waals surface area contributed by atoms with Gasteiger partial charge >= 0.3 is 5.97 Å². The Bertz CT molecular complexity index is 1410. The van der Waals surface area contributed by atoms with E-state index < -0.39 is 5.97 Å². The number of carboxylic acids is 1. The van der Waals surface area contributed by atoms with Gasteiger partial charge < -0.3 is 5.11 Å². The van der Waals surface area contributed by atoms with Crippen LogP contribution in [-0.4, -0.2) is 30.7 Å². The van der Waals surface area contributed by atoms with E-state index in [4.69, 9.17) is 10.1 Å². The average molecular weight is 459 g/mol. The third-order valence-electron chi connectivity index (χ3n) is 4.93. The second-order valence-electron chi connectivity index (χ2n) is 6.95. The first-order chi connectivity index (χ1) is 14.6. The maximum absolute atomic E-state index is 10.9. The fraction of sp³-hybridized carbons (Fsp3) is 0.0435. The van der Waals surface area contributed by atoms with Gasteiger partial charge in [0.15, 0.2) is 5.65 Å². The number of hydrogen-bond donors (Lipinski definition) is 1. The maximum Gasteiger partial charge on any atom is 0.307 e. The van der Waals surface area contributed by atoms with Gasteiger partial charge in [-0.25, -0.2) is 9.50 Å².